The molecular weight excluding hydrogens is 885 g/mol. The molecule has 2 aromatic heterocycles. The van der Waals surface area contributed by atoms with E-state index < -0.39 is 82.8 Å². The number of β-amino-alcohol motifs (C(OH)–C–C–N with tert-alkyl or cyclic N) is 1. The van der Waals surface area contributed by atoms with Gasteiger partial charge in [0.25, 0.3) is 17.4 Å². The number of aromatic nitrogens is 6. The van der Waals surface area contributed by atoms with Crippen LogP contribution in [0.2, 0.25) is 0 Å². The van der Waals surface area contributed by atoms with Crippen molar-refractivity contribution >= 4 is 130 Å². The first-order valence-electron chi connectivity index (χ1n) is 18.3. The van der Waals surface area contributed by atoms with Crippen molar-refractivity contribution in [2.24, 2.45) is 0 Å². The number of carboxylic acids is 2. The minimum absolute atomic E-state index is 0. The number of anilines is 1. The normalized spacial score (nSPS) is 19.4. The number of thioether (sulfide) groups is 2. The summed E-state index contributed by atoms with van der Waals surface area (Å²) in [6, 6.07) is 10.9. The molecule has 7 N–H and O–H groups in total. The van der Waals surface area contributed by atoms with Crippen LogP contribution in [-0.2, 0) is 35.3 Å². The Labute approximate surface area is 409 Å². The van der Waals surface area contributed by atoms with Crippen molar-refractivity contribution in [2.75, 3.05) is 23.4 Å². The number of hydrogen-bond acceptors (Lipinski definition) is 15. The van der Waals surface area contributed by atoms with Gasteiger partial charge in [-0.2, -0.15) is 0 Å². The third kappa shape index (κ3) is 10.9. The van der Waals surface area contributed by atoms with Gasteiger partial charge < -0.3 is 41.2 Å². The number of carbonyl (C=O) groups excluding carboxylic acids is 5. The Morgan fingerprint density at radius 3 is 2.38 bits per heavy atom. The summed E-state index contributed by atoms with van der Waals surface area (Å²) < 4.78 is 1.04. The number of aliphatic carboxylic acids is 2. The SMILES string of the molecule is CC(=O)N1C[C@H](O)C[C@H]1C(=O)Nc1ccc(-c2ncc(C(=O)N[C@@H](C(=O)N[C@@H]3C(=O)N4C(C(=O)O)=C(CSc5nnnn5CC(=O)O)CS[C@H]34)c3ccccc3)c(=O)[nH]2)cc1.[Na].[Na]. The van der Waals surface area contributed by atoms with Gasteiger partial charge in [-0.05, 0) is 45.8 Å². The molecule has 0 unspecified atom stereocenters. The zero-order valence-corrected chi connectivity index (χ0v) is 39.4. The van der Waals surface area contributed by atoms with Crippen molar-refractivity contribution in [3.05, 3.63) is 93.5 Å². The molecule has 4 aromatic rings. The van der Waals surface area contributed by atoms with Crippen LogP contribution in [0.3, 0.4) is 0 Å². The number of tetrazole rings is 1. The van der Waals surface area contributed by atoms with E-state index in [1.807, 2.05) is 0 Å². The molecule has 318 valence electrons. The fourth-order valence-corrected chi connectivity index (χ4v) is 9.28. The summed E-state index contributed by atoms with van der Waals surface area (Å²) in [6.45, 7) is 0.871. The van der Waals surface area contributed by atoms with Gasteiger partial charge in [0.2, 0.25) is 22.9 Å². The second kappa shape index (κ2) is 21.2. The van der Waals surface area contributed by atoms with Crippen molar-refractivity contribution < 1.29 is 48.9 Å². The van der Waals surface area contributed by atoms with Crippen molar-refractivity contribution in [2.45, 2.75) is 54.6 Å². The number of β-lactam (4-membered cyclic amide) rings is 1. The van der Waals surface area contributed by atoms with E-state index in [-0.39, 0.29) is 106 Å². The largest absolute Gasteiger partial charge is 0.480 e. The number of rotatable bonds is 14. The Balaban J connectivity index is 0.00000374. The van der Waals surface area contributed by atoms with E-state index in [4.69, 9.17) is 5.11 Å². The minimum atomic E-state index is -1.40. The van der Waals surface area contributed by atoms with Gasteiger partial charge in [-0.25, -0.2) is 14.5 Å². The van der Waals surface area contributed by atoms with Gasteiger partial charge in [0.1, 0.15) is 47.1 Å². The quantitative estimate of drug-likeness (QED) is 0.0438. The van der Waals surface area contributed by atoms with Crippen LogP contribution in [0, 0.1) is 0 Å². The molecule has 5 amide bonds. The van der Waals surface area contributed by atoms with Crippen molar-refractivity contribution in [3.8, 4) is 11.4 Å². The molecule has 2 saturated heterocycles. The van der Waals surface area contributed by atoms with Crippen LogP contribution >= 0.6 is 23.5 Å². The number of carboxylic acid groups (broad SMARTS) is 2. The van der Waals surface area contributed by atoms with E-state index in [0.717, 1.165) is 27.5 Å². The van der Waals surface area contributed by atoms with Crippen molar-refractivity contribution in [1.29, 1.82) is 0 Å². The summed E-state index contributed by atoms with van der Waals surface area (Å²) in [5, 5.41) is 47.3. The van der Waals surface area contributed by atoms with Crippen LogP contribution in [0.4, 0.5) is 5.69 Å². The third-order valence-electron chi connectivity index (χ3n) is 9.83. The molecule has 22 nitrogen and oxygen atoms in total. The van der Waals surface area contributed by atoms with E-state index >= 15 is 0 Å². The van der Waals surface area contributed by atoms with Crippen LogP contribution < -0.4 is 21.5 Å². The monoisotopic (exact) mass is 919 g/mol. The number of aromatic amines is 1. The Morgan fingerprint density at radius 2 is 1.73 bits per heavy atom. The molecule has 7 rings (SSSR count). The standard InChI is InChI=1S/C37H35N11O11S2.2Na/c1-17(49)46-13-22(50)11-24(46)32(55)39-21-9-7-19(8-10-21)29-38-12-23(31(54)42-29)30(53)40-26(18-5-3-2-4-6-18)33(56)41-27-34(57)48-28(36(58)59)20(15-60-35(27)48)16-61-37-43-44-45-47(37)14-25(51)52;;/h2-10,12,22,24,26-27,35,50H,11,13-16H2,1H3,(H,39,55)(H,40,53)(H,41,56)(H,51,52)(H,58,59)(H,38,42,54);;/t22-,24+,26-,27-,35-;;/m1../s1. The average Bonchev–Trinajstić information content (AvgIpc) is 3.86. The number of aliphatic hydroxyl groups excluding tert-OH is 1. The fraction of sp³-hybridized carbons (Fsp3) is 0.297. The molecule has 0 spiro atoms. The second-order valence-electron chi connectivity index (χ2n) is 13.9. The topological polar surface area (TPSA) is 312 Å². The van der Waals surface area contributed by atoms with Gasteiger partial charge in [-0.15, -0.1) is 16.9 Å². The van der Waals surface area contributed by atoms with E-state index in [1.165, 1.54) is 23.6 Å². The summed E-state index contributed by atoms with van der Waals surface area (Å²) in [5.74, 6) is -5.58. The van der Waals surface area contributed by atoms with Crippen LogP contribution in [0.25, 0.3) is 11.4 Å². The maximum absolute atomic E-state index is 13.9. The number of likely N-dealkylation sites (tertiary alicyclic amines) is 1. The molecule has 2 aromatic carbocycles. The molecule has 2 radical (unpaired) electrons. The van der Waals surface area contributed by atoms with Crippen LogP contribution in [0.15, 0.2) is 82.0 Å². The Bertz CT molecular complexity index is 2530. The van der Waals surface area contributed by atoms with E-state index in [2.05, 4.69) is 41.4 Å². The molecule has 5 heterocycles. The van der Waals surface area contributed by atoms with Gasteiger partial charge in [-0.1, -0.05) is 42.1 Å². The van der Waals surface area contributed by atoms with E-state index in [0.29, 0.717) is 22.4 Å². The number of benzene rings is 2. The van der Waals surface area contributed by atoms with Gasteiger partial charge in [0.15, 0.2) is 0 Å². The van der Waals surface area contributed by atoms with Gasteiger partial charge in [0.05, 0.1) is 6.10 Å². The average molecular weight is 920 g/mol. The Morgan fingerprint density at radius 1 is 1.02 bits per heavy atom. The van der Waals surface area contributed by atoms with Gasteiger partial charge >= 0.3 is 11.9 Å². The molecule has 3 aliphatic heterocycles. The predicted octanol–water partition coefficient (Wildman–Crippen LogP) is -1.33. The molecule has 0 aliphatic carbocycles. The minimum Gasteiger partial charge on any atom is -0.480 e. The number of nitrogens with zero attached hydrogens (tertiary/aromatic N) is 7. The number of carbonyl (C=O) groups is 7. The van der Waals surface area contributed by atoms with Crippen molar-refractivity contribution in [1.82, 2.24) is 50.6 Å². The number of nitrogens with one attached hydrogen (secondary N) is 4. The first-order valence-corrected chi connectivity index (χ1v) is 20.4. The zero-order chi connectivity index (χ0) is 43.5. The van der Waals surface area contributed by atoms with Gasteiger partial charge in [-0.3, -0.25) is 38.5 Å². The summed E-state index contributed by atoms with van der Waals surface area (Å²) in [6.07, 6.45) is 0.327. The van der Waals surface area contributed by atoms with E-state index in [1.54, 1.807) is 54.6 Å². The molecule has 5 atom stereocenters. The molecule has 2 fully saturated rings. The molecule has 0 saturated carbocycles. The summed E-state index contributed by atoms with van der Waals surface area (Å²) in [4.78, 5) is 112. The van der Waals surface area contributed by atoms with E-state index in [9.17, 15) is 48.6 Å². The molecule has 3 aliphatic rings. The summed E-state index contributed by atoms with van der Waals surface area (Å²) >= 11 is 2.20. The maximum atomic E-state index is 13.9. The van der Waals surface area contributed by atoms with Crippen LogP contribution in [-0.4, -0.2) is 197 Å². The number of fused-ring (bicyclic) bond motifs is 1. The third-order valence-corrected chi connectivity index (χ3v) is 12.2. The molecule has 63 heavy (non-hydrogen) atoms. The second-order valence-corrected chi connectivity index (χ2v) is 15.9. The maximum Gasteiger partial charge on any atom is 0.352 e. The first kappa shape index (κ1) is 49.1. The number of hydrogen-bond donors (Lipinski definition) is 7. The zero-order valence-electron chi connectivity index (χ0n) is 33.8. The van der Waals surface area contributed by atoms with Crippen LogP contribution in [0.5, 0.6) is 0 Å². The fourth-order valence-electron chi connectivity index (χ4n) is 6.92. The molecule has 0 bridgehead atoms. The molecular formula is C37H35N11Na2O11S2. The molecule has 26 heteroatoms. The first-order chi connectivity index (χ1) is 29.2. The number of amides is 5. The summed E-state index contributed by atoms with van der Waals surface area (Å²) in [7, 11) is 0. The Hall–Kier alpha value is -4.92. The predicted molar refractivity (Wildman–Crippen MR) is 225 cm³/mol. The van der Waals surface area contributed by atoms with Crippen LogP contribution in [0.1, 0.15) is 35.3 Å². The number of aliphatic hydroxyl groups is 1. The Kier molecular flexibility index (Phi) is 16.5. The smallest absolute Gasteiger partial charge is 0.352 e. The number of H-pyrrole nitrogens is 1. The summed E-state index contributed by atoms with van der Waals surface area (Å²) in [5.41, 5.74) is -0.0634. The van der Waals surface area contributed by atoms with Gasteiger partial charge in [0, 0.05) is 108 Å². The van der Waals surface area contributed by atoms with Crippen molar-refractivity contribution in [3.63, 3.8) is 0 Å².